The zero-order valence-corrected chi connectivity index (χ0v) is 11.0. The minimum Gasteiger partial charge on any atom is -0.370 e. The highest BCUT2D eigenvalue weighted by atomic mass is 16.2. The van der Waals surface area contributed by atoms with Crippen LogP contribution in [0.5, 0.6) is 0 Å². The van der Waals surface area contributed by atoms with Crippen LogP contribution in [-0.4, -0.2) is 47.0 Å². The van der Waals surface area contributed by atoms with Gasteiger partial charge in [0.25, 0.3) is 0 Å². The van der Waals surface area contributed by atoms with Gasteiger partial charge in [0.1, 0.15) is 23.5 Å². The summed E-state index contributed by atoms with van der Waals surface area (Å²) < 4.78 is 0. The highest BCUT2D eigenvalue weighted by molar-refractivity contribution is 5.86. The molecule has 1 atom stereocenters. The Labute approximate surface area is 107 Å². The van der Waals surface area contributed by atoms with Crippen molar-refractivity contribution in [3.05, 3.63) is 11.9 Å². The van der Waals surface area contributed by atoms with Crippen molar-refractivity contribution in [2.45, 2.75) is 26.3 Å². The molecule has 2 rings (SSSR count). The van der Waals surface area contributed by atoms with Gasteiger partial charge in [0.2, 0.25) is 5.91 Å². The van der Waals surface area contributed by atoms with Gasteiger partial charge >= 0.3 is 0 Å². The largest absolute Gasteiger partial charge is 0.370 e. The maximum Gasteiger partial charge on any atom is 0.244 e. The topological polar surface area (TPSA) is 70.2 Å². The second kappa shape index (κ2) is 5.20. The lowest BCUT2D eigenvalue weighted by atomic mass is 10.2. The van der Waals surface area contributed by atoms with Gasteiger partial charge < -0.3 is 15.5 Å². The summed E-state index contributed by atoms with van der Waals surface area (Å²) >= 11 is 0. The molecular formula is C12H19N5O. The molecule has 6 heteroatoms. The Morgan fingerprint density at radius 3 is 2.78 bits per heavy atom. The molecule has 2 N–H and O–H groups in total. The van der Waals surface area contributed by atoms with E-state index in [2.05, 4.69) is 20.6 Å². The number of rotatable bonds is 4. The van der Waals surface area contributed by atoms with Gasteiger partial charge in [-0.15, -0.1) is 0 Å². The van der Waals surface area contributed by atoms with Crippen molar-refractivity contribution in [1.29, 1.82) is 0 Å². The Morgan fingerprint density at radius 2 is 2.17 bits per heavy atom. The number of carbonyl (C=O) groups is 1. The number of nitrogens with zero attached hydrogens (tertiary/aromatic N) is 3. The van der Waals surface area contributed by atoms with E-state index in [0.717, 1.165) is 25.3 Å². The summed E-state index contributed by atoms with van der Waals surface area (Å²) in [5.41, 5.74) is 0. The van der Waals surface area contributed by atoms with Crippen LogP contribution < -0.4 is 10.6 Å². The number of aromatic nitrogens is 2. The zero-order chi connectivity index (χ0) is 13.1. The third kappa shape index (κ3) is 2.69. The second-order valence-electron chi connectivity index (χ2n) is 4.46. The lowest BCUT2D eigenvalue weighted by molar-refractivity contribution is -0.127. The van der Waals surface area contributed by atoms with Crippen LogP contribution in [0, 0.1) is 6.92 Å². The van der Waals surface area contributed by atoms with Crippen molar-refractivity contribution in [2.75, 3.05) is 30.8 Å². The molecule has 1 amide bonds. The zero-order valence-electron chi connectivity index (χ0n) is 11.0. The fourth-order valence-corrected chi connectivity index (χ4v) is 2.05. The first-order chi connectivity index (χ1) is 8.60. The average molecular weight is 249 g/mol. The minimum atomic E-state index is -0.168. The lowest BCUT2D eigenvalue weighted by Crippen LogP contribution is -2.31. The summed E-state index contributed by atoms with van der Waals surface area (Å²) in [4.78, 5) is 22.1. The molecule has 18 heavy (non-hydrogen) atoms. The molecule has 2 heterocycles. The Balaban J connectivity index is 2.11. The fourth-order valence-electron chi connectivity index (χ4n) is 2.05. The number of likely N-dealkylation sites (tertiary alicyclic amines) is 1. The summed E-state index contributed by atoms with van der Waals surface area (Å²) in [7, 11) is 1.82. The van der Waals surface area contributed by atoms with E-state index < -0.39 is 0 Å². The first-order valence-electron chi connectivity index (χ1n) is 6.21. The van der Waals surface area contributed by atoms with E-state index in [4.69, 9.17) is 0 Å². The van der Waals surface area contributed by atoms with Crippen LogP contribution >= 0.6 is 0 Å². The smallest absolute Gasteiger partial charge is 0.244 e. The molecule has 0 radical (unpaired) electrons. The molecule has 0 saturated carbocycles. The Bertz CT molecular complexity index is 448. The van der Waals surface area contributed by atoms with Gasteiger partial charge in [-0.25, -0.2) is 9.97 Å². The number of amides is 1. The molecule has 1 fully saturated rings. The van der Waals surface area contributed by atoms with E-state index in [1.807, 2.05) is 27.0 Å². The molecule has 6 nitrogen and oxygen atoms in total. The van der Waals surface area contributed by atoms with E-state index in [-0.39, 0.29) is 11.9 Å². The van der Waals surface area contributed by atoms with E-state index in [0.29, 0.717) is 11.6 Å². The van der Waals surface area contributed by atoms with Gasteiger partial charge in [-0.1, -0.05) is 0 Å². The first-order valence-corrected chi connectivity index (χ1v) is 6.21. The highest BCUT2D eigenvalue weighted by Crippen LogP contribution is 2.16. The Kier molecular flexibility index (Phi) is 3.64. The molecule has 1 aromatic rings. The third-order valence-electron chi connectivity index (χ3n) is 2.95. The third-order valence-corrected chi connectivity index (χ3v) is 2.95. The van der Waals surface area contributed by atoms with Gasteiger partial charge in [-0.3, -0.25) is 4.79 Å². The molecule has 1 aliphatic rings. The van der Waals surface area contributed by atoms with E-state index in [9.17, 15) is 4.79 Å². The van der Waals surface area contributed by atoms with Gasteiger partial charge in [-0.2, -0.15) is 0 Å². The van der Waals surface area contributed by atoms with Crippen molar-refractivity contribution in [1.82, 2.24) is 14.9 Å². The number of carbonyl (C=O) groups excluding carboxylic acids is 1. The van der Waals surface area contributed by atoms with E-state index in [1.165, 1.54) is 0 Å². The van der Waals surface area contributed by atoms with Crippen LogP contribution in [0.15, 0.2) is 6.07 Å². The highest BCUT2D eigenvalue weighted by Gasteiger charge is 2.29. The van der Waals surface area contributed by atoms with Crippen molar-refractivity contribution < 1.29 is 4.79 Å². The molecule has 1 aromatic heterocycles. The molecule has 0 spiro atoms. The lowest BCUT2D eigenvalue weighted by Gasteiger charge is -2.14. The van der Waals surface area contributed by atoms with Crippen LogP contribution in [0.3, 0.4) is 0 Å². The SMILES string of the molecule is CCNc1cc(NC2CCN(C)C2=O)nc(C)n1. The number of anilines is 2. The van der Waals surface area contributed by atoms with Crippen molar-refractivity contribution in [3.63, 3.8) is 0 Å². The molecule has 0 aromatic carbocycles. The van der Waals surface area contributed by atoms with Crippen LogP contribution in [-0.2, 0) is 4.79 Å². The summed E-state index contributed by atoms with van der Waals surface area (Å²) in [6.45, 7) is 5.45. The molecule has 1 unspecified atom stereocenters. The summed E-state index contributed by atoms with van der Waals surface area (Å²) in [6, 6.07) is 1.67. The summed E-state index contributed by atoms with van der Waals surface area (Å²) in [5, 5.41) is 6.33. The number of likely N-dealkylation sites (N-methyl/N-ethyl adjacent to an activating group) is 1. The normalized spacial score (nSPS) is 19.2. The predicted molar refractivity (Wildman–Crippen MR) is 70.6 cm³/mol. The Morgan fingerprint density at radius 1 is 1.44 bits per heavy atom. The standard InChI is InChI=1S/C12H19N5O/c1-4-13-10-7-11(15-8(2)14-10)16-9-5-6-17(3)12(9)18/h7,9H,4-6H2,1-3H3,(H2,13,14,15,16). The average Bonchev–Trinajstić information content (AvgIpc) is 2.61. The molecular weight excluding hydrogens is 230 g/mol. The number of nitrogens with one attached hydrogen (secondary N) is 2. The van der Waals surface area contributed by atoms with Crippen LogP contribution in [0.2, 0.25) is 0 Å². The number of aryl methyl sites for hydroxylation is 1. The van der Waals surface area contributed by atoms with Crippen molar-refractivity contribution in [2.24, 2.45) is 0 Å². The molecule has 98 valence electrons. The van der Waals surface area contributed by atoms with E-state index in [1.54, 1.807) is 4.90 Å². The van der Waals surface area contributed by atoms with Crippen LogP contribution in [0.4, 0.5) is 11.6 Å². The second-order valence-corrected chi connectivity index (χ2v) is 4.46. The Hall–Kier alpha value is -1.85. The minimum absolute atomic E-state index is 0.122. The van der Waals surface area contributed by atoms with Crippen molar-refractivity contribution in [3.8, 4) is 0 Å². The molecule has 1 saturated heterocycles. The molecule has 0 bridgehead atoms. The van der Waals surface area contributed by atoms with Gasteiger partial charge in [-0.05, 0) is 20.3 Å². The quantitative estimate of drug-likeness (QED) is 0.828. The monoisotopic (exact) mass is 249 g/mol. The summed E-state index contributed by atoms with van der Waals surface area (Å²) in [5.74, 6) is 2.30. The number of hydrogen-bond donors (Lipinski definition) is 2. The van der Waals surface area contributed by atoms with Crippen molar-refractivity contribution >= 4 is 17.5 Å². The van der Waals surface area contributed by atoms with Crippen LogP contribution in [0.1, 0.15) is 19.2 Å². The fraction of sp³-hybridized carbons (Fsp3) is 0.583. The maximum absolute atomic E-state index is 11.8. The predicted octanol–water partition coefficient (Wildman–Crippen LogP) is 0.859. The van der Waals surface area contributed by atoms with Crippen LogP contribution in [0.25, 0.3) is 0 Å². The molecule has 1 aliphatic heterocycles. The first kappa shape index (κ1) is 12.6. The van der Waals surface area contributed by atoms with E-state index >= 15 is 0 Å². The summed E-state index contributed by atoms with van der Waals surface area (Å²) in [6.07, 6.45) is 0.814. The molecule has 0 aliphatic carbocycles. The maximum atomic E-state index is 11.8. The number of hydrogen-bond acceptors (Lipinski definition) is 5. The van der Waals surface area contributed by atoms with Gasteiger partial charge in [0, 0.05) is 26.2 Å². The van der Waals surface area contributed by atoms with Gasteiger partial charge in [0.15, 0.2) is 0 Å². The van der Waals surface area contributed by atoms with Gasteiger partial charge in [0.05, 0.1) is 0 Å².